The van der Waals surface area contributed by atoms with E-state index in [0.717, 1.165) is 30.4 Å². The summed E-state index contributed by atoms with van der Waals surface area (Å²) in [7, 11) is 0. The Morgan fingerprint density at radius 3 is 2.71 bits per heavy atom. The number of allylic oxidation sites excluding steroid dienone is 5. The van der Waals surface area contributed by atoms with Crippen LogP contribution >= 0.6 is 12.6 Å². The first-order valence-electron chi connectivity index (χ1n) is 8.74. The zero-order chi connectivity index (χ0) is 17.4. The Kier molecular flexibility index (Phi) is 3.36. The highest BCUT2D eigenvalue weighted by molar-refractivity contribution is 7.85. The highest BCUT2D eigenvalue weighted by Gasteiger charge is 2.62. The van der Waals surface area contributed by atoms with E-state index in [0.29, 0.717) is 17.2 Å². The van der Waals surface area contributed by atoms with Crippen molar-refractivity contribution in [2.45, 2.75) is 45.7 Å². The molecule has 0 aromatic carbocycles. The van der Waals surface area contributed by atoms with Crippen LogP contribution in [-0.2, 0) is 9.59 Å². The predicted molar refractivity (Wildman–Crippen MR) is 94.4 cm³/mol. The van der Waals surface area contributed by atoms with E-state index in [4.69, 9.17) is 0 Å². The molecular weight excluding hydrogens is 323 g/mol. The minimum atomic E-state index is -1.32. The maximum Gasteiger partial charge on any atom is 0.191 e. The van der Waals surface area contributed by atoms with E-state index in [1.165, 1.54) is 0 Å². The van der Waals surface area contributed by atoms with Gasteiger partial charge in [0.1, 0.15) is 0 Å². The third-order valence-electron chi connectivity index (χ3n) is 7.33. The lowest BCUT2D eigenvalue weighted by atomic mass is 9.48. The van der Waals surface area contributed by atoms with Gasteiger partial charge < -0.3 is 0 Å². The van der Waals surface area contributed by atoms with Gasteiger partial charge in [-0.1, -0.05) is 26.5 Å². The van der Waals surface area contributed by atoms with E-state index in [1.54, 1.807) is 6.08 Å². The molecule has 4 aliphatic carbocycles. The molecule has 0 unspecified atom stereocenters. The first-order chi connectivity index (χ1) is 11.2. The number of hydrogen-bond donors (Lipinski definition) is 1. The van der Waals surface area contributed by atoms with Crippen LogP contribution < -0.4 is 0 Å². The Bertz CT molecular complexity index is 736. The molecule has 3 saturated carbocycles. The van der Waals surface area contributed by atoms with Crippen molar-refractivity contribution in [1.29, 1.82) is 0 Å². The molecule has 6 atom stereocenters. The zero-order valence-corrected chi connectivity index (χ0v) is 15.0. The lowest BCUT2D eigenvalue weighted by molar-refractivity contribution is -0.134. The molecule has 4 rings (SSSR count). The molecule has 0 aliphatic heterocycles. The number of rotatable bonds is 0. The number of alkyl halides is 1. The SMILES string of the molecule is C=C1C[C@@H]2[C@H](CC[C@]3(C)C(=O)[C@H](F)C[C@@H]23)[C@@]2(C)C=CC(=O)C(S)=C12. The topological polar surface area (TPSA) is 34.1 Å². The summed E-state index contributed by atoms with van der Waals surface area (Å²) >= 11 is 4.47. The van der Waals surface area contributed by atoms with Crippen LogP contribution in [0.15, 0.2) is 34.8 Å². The van der Waals surface area contributed by atoms with Crippen molar-refractivity contribution in [3.63, 3.8) is 0 Å². The number of carbonyl (C=O) groups is 2. The second kappa shape index (κ2) is 4.94. The van der Waals surface area contributed by atoms with Gasteiger partial charge in [0.15, 0.2) is 17.7 Å². The van der Waals surface area contributed by atoms with Crippen LogP contribution in [0.5, 0.6) is 0 Å². The van der Waals surface area contributed by atoms with E-state index in [9.17, 15) is 14.0 Å². The summed E-state index contributed by atoms with van der Waals surface area (Å²) in [4.78, 5) is 25.0. The lowest BCUT2D eigenvalue weighted by Gasteiger charge is -2.56. The van der Waals surface area contributed by atoms with Crippen LogP contribution in [0.2, 0.25) is 0 Å². The van der Waals surface area contributed by atoms with Gasteiger partial charge in [0.2, 0.25) is 0 Å². The summed E-state index contributed by atoms with van der Waals surface area (Å²) in [5.41, 5.74) is 1.07. The molecule has 0 amide bonds. The fourth-order valence-electron chi connectivity index (χ4n) is 6.10. The van der Waals surface area contributed by atoms with Gasteiger partial charge in [0.05, 0.1) is 4.91 Å². The van der Waals surface area contributed by atoms with Gasteiger partial charge >= 0.3 is 0 Å². The van der Waals surface area contributed by atoms with Crippen molar-refractivity contribution in [2.75, 3.05) is 0 Å². The number of Topliss-reactive ketones (excluding diaryl/α,β-unsaturated/α-hetero) is 1. The van der Waals surface area contributed by atoms with Crippen LogP contribution in [0.1, 0.15) is 39.5 Å². The molecule has 0 bridgehead atoms. The molecule has 0 aromatic heterocycles. The monoisotopic (exact) mass is 346 g/mol. The highest BCUT2D eigenvalue weighted by Crippen LogP contribution is 2.65. The Balaban J connectivity index is 1.80. The van der Waals surface area contributed by atoms with Gasteiger partial charge in [0, 0.05) is 10.8 Å². The minimum Gasteiger partial charge on any atom is -0.296 e. The van der Waals surface area contributed by atoms with Gasteiger partial charge in [-0.2, -0.15) is 0 Å². The lowest BCUT2D eigenvalue weighted by Crippen LogP contribution is -2.50. The standard InChI is InChI=1S/C20H23FO2S/c1-10-8-11-12(19(2)7-5-15(22)17(24)16(10)19)4-6-20(3)13(11)9-14(21)18(20)23/h5,7,11-14,24H,1,4,6,8-9H2,2-3H3/t11-,12+,13+,14-,19-,20+/m1/s1. The van der Waals surface area contributed by atoms with Crippen LogP contribution in [0.25, 0.3) is 0 Å². The van der Waals surface area contributed by atoms with Crippen molar-refractivity contribution < 1.29 is 14.0 Å². The molecule has 2 nitrogen and oxygen atoms in total. The maximum atomic E-state index is 14.2. The highest BCUT2D eigenvalue weighted by atomic mass is 32.1. The summed E-state index contributed by atoms with van der Waals surface area (Å²) < 4.78 is 14.2. The van der Waals surface area contributed by atoms with Crippen molar-refractivity contribution in [2.24, 2.45) is 28.6 Å². The fourth-order valence-corrected chi connectivity index (χ4v) is 6.57. The third kappa shape index (κ3) is 1.84. The number of hydrogen-bond acceptors (Lipinski definition) is 3. The second-order valence-electron chi connectivity index (χ2n) is 8.41. The number of ketones is 2. The van der Waals surface area contributed by atoms with Crippen molar-refractivity contribution in [3.8, 4) is 0 Å². The van der Waals surface area contributed by atoms with Crippen molar-refractivity contribution >= 4 is 24.2 Å². The quantitative estimate of drug-likeness (QED) is 0.666. The summed E-state index contributed by atoms with van der Waals surface area (Å²) in [6.07, 6.45) is 4.99. The summed E-state index contributed by atoms with van der Waals surface area (Å²) in [5, 5.41) is 0. The number of thiol groups is 1. The van der Waals surface area contributed by atoms with E-state index in [2.05, 4.69) is 26.1 Å². The molecule has 4 heteroatoms. The van der Waals surface area contributed by atoms with E-state index in [-0.39, 0.29) is 28.8 Å². The van der Waals surface area contributed by atoms with Crippen LogP contribution in [-0.4, -0.2) is 17.7 Å². The molecular formula is C20H23FO2S. The second-order valence-corrected chi connectivity index (χ2v) is 8.86. The molecule has 0 radical (unpaired) electrons. The molecule has 0 N–H and O–H groups in total. The number of carbonyl (C=O) groups excluding carboxylic acids is 2. The van der Waals surface area contributed by atoms with Gasteiger partial charge in [0.25, 0.3) is 0 Å². The minimum absolute atomic E-state index is 0.0640. The Hall–Kier alpha value is -1.16. The summed E-state index contributed by atoms with van der Waals surface area (Å²) in [6, 6.07) is 0. The molecule has 0 saturated heterocycles. The van der Waals surface area contributed by atoms with E-state index >= 15 is 0 Å². The van der Waals surface area contributed by atoms with Gasteiger partial charge in [-0.05, 0) is 60.7 Å². The fraction of sp³-hybridized carbons (Fsp3) is 0.600. The molecule has 0 aromatic rings. The largest absolute Gasteiger partial charge is 0.296 e. The average Bonchev–Trinajstić information content (AvgIpc) is 2.75. The molecule has 128 valence electrons. The third-order valence-corrected chi connectivity index (χ3v) is 7.77. The molecule has 24 heavy (non-hydrogen) atoms. The van der Waals surface area contributed by atoms with E-state index in [1.807, 2.05) is 13.0 Å². The summed E-state index contributed by atoms with van der Waals surface area (Å²) in [6.45, 7) is 8.33. The predicted octanol–water partition coefficient (Wildman–Crippen LogP) is 4.24. The average molecular weight is 346 g/mol. The molecule has 0 spiro atoms. The van der Waals surface area contributed by atoms with Gasteiger partial charge in [-0.3, -0.25) is 9.59 Å². The van der Waals surface area contributed by atoms with Crippen molar-refractivity contribution in [1.82, 2.24) is 0 Å². The smallest absolute Gasteiger partial charge is 0.191 e. The molecule has 0 heterocycles. The Labute approximate surface area is 147 Å². The van der Waals surface area contributed by atoms with Crippen LogP contribution in [0, 0.1) is 28.6 Å². The first kappa shape index (κ1) is 16.3. The Morgan fingerprint density at radius 1 is 1.29 bits per heavy atom. The molecule has 4 aliphatic rings. The zero-order valence-electron chi connectivity index (χ0n) is 14.1. The molecule has 3 fully saturated rings. The van der Waals surface area contributed by atoms with E-state index < -0.39 is 11.6 Å². The number of halogens is 1. The number of fused-ring (bicyclic) bond motifs is 5. The van der Waals surface area contributed by atoms with Crippen LogP contribution in [0.4, 0.5) is 4.39 Å². The normalized spacial score (nSPS) is 47.6. The summed E-state index contributed by atoms with van der Waals surface area (Å²) in [5.74, 6) is 0.357. The maximum absolute atomic E-state index is 14.2. The first-order valence-corrected chi connectivity index (χ1v) is 9.18. The van der Waals surface area contributed by atoms with Gasteiger partial charge in [-0.15, -0.1) is 12.6 Å². The Morgan fingerprint density at radius 2 is 2.00 bits per heavy atom. The van der Waals surface area contributed by atoms with Gasteiger partial charge in [-0.25, -0.2) is 4.39 Å². The van der Waals surface area contributed by atoms with Crippen LogP contribution in [0.3, 0.4) is 0 Å². The van der Waals surface area contributed by atoms with Crippen molar-refractivity contribution in [3.05, 3.63) is 34.8 Å².